The average Bonchev–Trinajstić information content (AvgIpc) is 3.12. The highest BCUT2D eigenvalue weighted by atomic mass is 32.3. The van der Waals surface area contributed by atoms with E-state index in [0.29, 0.717) is 13.0 Å². The molecule has 53 heavy (non-hydrogen) atoms. The van der Waals surface area contributed by atoms with E-state index in [4.69, 9.17) is 23.5 Å². The summed E-state index contributed by atoms with van der Waals surface area (Å²) in [5.41, 5.74) is 0. The monoisotopic (exact) mass is 776 g/mol. The van der Waals surface area contributed by atoms with Gasteiger partial charge in [-0.25, -0.2) is 4.18 Å². The summed E-state index contributed by atoms with van der Waals surface area (Å²) in [5, 5.41) is 30.5. The summed E-state index contributed by atoms with van der Waals surface area (Å²) in [5.74, 6) is -0.418. The van der Waals surface area contributed by atoms with E-state index in [0.717, 1.165) is 77.0 Å². The molecule has 1 heterocycles. The Bertz CT molecular complexity index is 1080. The number of hydrogen-bond acceptors (Lipinski definition) is 11. The fraction of sp³-hybridized carbons (Fsp3) is 0.825. The van der Waals surface area contributed by atoms with Crippen molar-refractivity contribution in [3.05, 3.63) is 36.5 Å². The smallest absolute Gasteiger partial charge is 0.397 e. The van der Waals surface area contributed by atoms with E-state index in [9.17, 15) is 28.5 Å². The first kappa shape index (κ1) is 49.3. The van der Waals surface area contributed by atoms with Gasteiger partial charge < -0.3 is 34.3 Å². The summed E-state index contributed by atoms with van der Waals surface area (Å²) in [7, 11) is -5.06. The van der Waals surface area contributed by atoms with Gasteiger partial charge in [0.25, 0.3) is 0 Å². The van der Waals surface area contributed by atoms with Crippen molar-refractivity contribution in [3.63, 3.8) is 0 Å². The Morgan fingerprint density at radius 1 is 0.717 bits per heavy atom. The highest BCUT2D eigenvalue weighted by Crippen LogP contribution is 2.26. The zero-order valence-corrected chi connectivity index (χ0v) is 33.4. The van der Waals surface area contributed by atoms with Crippen molar-refractivity contribution in [1.82, 2.24) is 0 Å². The van der Waals surface area contributed by atoms with Crippen LogP contribution in [0.15, 0.2) is 36.5 Å². The lowest BCUT2D eigenvalue weighted by Crippen LogP contribution is -2.60. The van der Waals surface area contributed by atoms with Crippen LogP contribution >= 0.6 is 0 Å². The number of hydrogen-bond donors (Lipinski definition) is 4. The van der Waals surface area contributed by atoms with Gasteiger partial charge in [-0.3, -0.25) is 9.35 Å². The molecule has 1 saturated heterocycles. The summed E-state index contributed by atoms with van der Waals surface area (Å²) in [6.07, 6.45) is 26.1. The minimum atomic E-state index is -5.06. The van der Waals surface area contributed by atoms with Crippen LogP contribution in [0.4, 0.5) is 0 Å². The third-order valence-corrected chi connectivity index (χ3v) is 9.45. The topological polar surface area (TPSA) is 178 Å². The molecule has 1 rings (SSSR count). The summed E-state index contributed by atoms with van der Waals surface area (Å²) < 4.78 is 58.8. The third-order valence-electron chi connectivity index (χ3n) is 8.98. The van der Waals surface area contributed by atoms with Crippen LogP contribution in [-0.2, 0) is 38.3 Å². The molecular weight excluding hydrogens is 704 g/mol. The van der Waals surface area contributed by atoms with Crippen molar-refractivity contribution in [3.8, 4) is 0 Å². The molecule has 310 valence electrons. The molecule has 1 fully saturated rings. The Labute approximate surface area is 320 Å². The molecule has 1 aliphatic rings. The van der Waals surface area contributed by atoms with Gasteiger partial charge >= 0.3 is 16.4 Å². The van der Waals surface area contributed by atoms with Crippen molar-refractivity contribution in [2.75, 3.05) is 26.4 Å². The van der Waals surface area contributed by atoms with E-state index in [1.807, 2.05) is 0 Å². The van der Waals surface area contributed by atoms with Gasteiger partial charge in [-0.1, -0.05) is 121 Å². The molecule has 0 aliphatic carbocycles. The first-order valence-electron chi connectivity index (χ1n) is 20.2. The fourth-order valence-corrected chi connectivity index (χ4v) is 6.35. The second-order valence-corrected chi connectivity index (χ2v) is 14.9. The lowest BCUT2D eigenvalue weighted by Gasteiger charge is -2.41. The van der Waals surface area contributed by atoms with Crippen LogP contribution in [0.3, 0.4) is 0 Å². The van der Waals surface area contributed by atoms with Gasteiger partial charge in [0, 0.05) is 13.0 Å². The Kier molecular flexibility index (Phi) is 30.3. The van der Waals surface area contributed by atoms with Crippen LogP contribution in [0.25, 0.3) is 0 Å². The highest BCUT2D eigenvalue weighted by Gasteiger charge is 2.48. The molecule has 0 aromatic heterocycles. The van der Waals surface area contributed by atoms with E-state index in [2.05, 4.69) is 54.5 Å². The number of allylic oxidation sites excluding steroid dienone is 6. The zero-order valence-electron chi connectivity index (χ0n) is 32.6. The van der Waals surface area contributed by atoms with Gasteiger partial charge in [0.05, 0.1) is 19.8 Å². The number of carbonyl (C=O) groups is 1. The number of ether oxygens (including phenoxy) is 4. The maximum atomic E-state index is 12.8. The Morgan fingerprint density at radius 3 is 1.81 bits per heavy atom. The van der Waals surface area contributed by atoms with Crippen LogP contribution in [0.2, 0.25) is 0 Å². The van der Waals surface area contributed by atoms with Crippen LogP contribution in [-0.4, -0.2) is 97.5 Å². The molecule has 0 radical (unpaired) electrons. The van der Waals surface area contributed by atoms with E-state index in [1.54, 1.807) is 0 Å². The van der Waals surface area contributed by atoms with Gasteiger partial charge in [-0.05, 0) is 57.8 Å². The van der Waals surface area contributed by atoms with Gasteiger partial charge in [-0.15, -0.1) is 0 Å². The first-order chi connectivity index (χ1) is 25.6. The minimum absolute atomic E-state index is 0.0258. The number of aliphatic hydroxyl groups is 3. The van der Waals surface area contributed by atoms with Gasteiger partial charge in [0.15, 0.2) is 6.29 Å². The lowest BCUT2D eigenvalue weighted by atomic mass is 9.99. The predicted molar refractivity (Wildman–Crippen MR) is 207 cm³/mol. The Balaban J connectivity index is 2.51. The SMILES string of the molecule is CCCC/C=C\C/C=C\CCCCCCCC(=O)OC(COCCCCCCCC/C=C\CCCC)COC1OC(CO)C(O)C(OS(=O)(=O)O)C1O. The maximum Gasteiger partial charge on any atom is 0.397 e. The number of carbonyl (C=O) groups excluding carboxylic acids is 1. The van der Waals surface area contributed by atoms with E-state index < -0.39 is 59.8 Å². The molecule has 13 heteroatoms. The second kappa shape index (κ2) is 32.6. The van der Waals surface area contributed by atoms with Crippen LogP contribution in [0.1, 0.15) is 149 Å². The number of esters is 1. The largest absolute Gasteiger partial charge is 0.457 e. The number of unbranched alkanes of at least 4 members (excludes halogenated alkanes) is 15. The second-order valence-electron chi connectivity index (χ2n) is 13.9. The van der Waals surface area contributed by atoms with Crippen molar-refractivity contribution in [2.24, 2.45) is 0 Å². The molecule has 0 bridgehead atoms. The summed E-state index contributed by atoms with van der Waals surface area (Å²) >= 11 is 0. The third kappa shape index (κ3) is 26.7. The van der Waals surface area contributed by atoms with Gasteiger partial charge in [0.2, 0.25) is 0 Å². The minimum Gasteiger partial charge on any atom is -0.457 e. The molecule has 6 atom stereocenters. The molecular formula is C40H72O12S. The molecule has 0 saturated carbocycles. The van der Waals surface area contributed by atoms with Gasteiger partial charge in [0.1, 0.15) is 30.5 Å². The van der Waals surface area contributed by atoms with Crippen molar-refractivity contribution >= 4 is 16.4 Å². The molecule has 4 N–H and O–H groups in total. The molecule has 1 aliphatic heterocycles. The standard InChI is InChI=1S/C40H72O12S/c1-3-5-7-9-11-13-15-17-18-19-21-23-25-27-29-36(42)50-34(32-48-30-28-26-24-22-20-16-14-12-10-8-6-4-2)33-49-40-38(44)39(52-53(45,46)47)37(43)35(31-41)51-40/h9-12,15,17,34-35,37-41,43-44H,3-8,13-14,16,18-33H2,1-2H3,(H,45,46,47)/b11-9-,12-10-,17-15-. The summed E-state index contributed by atoms with van der Waals surface area (Å²) in [4.78, 5) is 12.8. The van der Waals surface area contributed by atoms with Crippen LogP contribution in [0.5, 0.6) is 0 Å². The molecule has 0 aromatic carbocycles. The summed E-state index contributed by atoms with van der Waals surface area (Å²) in [6, 6.07) is 0. The number of aliphatic hydroxyl groups excluding tert-OH is 3. The van der Waals surface area contributed by atoms with E-state index >= 15 is 0 Å². The number of rotatable bonds is 34. The van der Waals surface area contributed by atoms with E-state index in [-0.39, 0.29) is 19.6 Å². The highest BCUT2D eigenvalue weighted by molar-refractivity contribution is 7.80. The van der Waals surface area contributed by atoms with Crippen LogP contribution < -0.4 is 0 Å². The van der Waals surface area contributed by atoms with Crippen LogP contribution in [0, 0.1) is 0 Å². The molecule has 0 amide bonds. The fourth-order valence-electron chi connectivity index (χ4n) is 5.84. The average molecular weight is 777 g/mol. The predicted octanol–water partition coefficient (Wildman–Crippen LogP) is 7.46. The first-order valence-corrected chi connectivity index (χ1v) is 21.6. The summed E-state index contributed by atoms with van der Waals surface area (Å²) in [6.45, 7) is 3.86. The van der Waals surface area contributed by atoms with Crippen molar-refractivity contribution < 1.29 is 56.2 Å². The molecule has 6 unspecified atom stereocenters. The molecule has 0 spiro atoms. The van der Waals surface area contributed by atoms with Gasteiger partial charge in [-0.2, -0.15) is 8.42 Å². The zero-order chi connectivity index (χ0) is 39.0. The molecule has 0 aromatic rings. The van der Waals surface area contributed by atoms with Crippen molar-refractivity contribution in [1.29, 1.82) is 0 Å². The van der Waals surface area contributed by atoms with E-state index in [1.165, 1.54) is 44.9 Å². The quantitative estimate of drug-likeness (QED) is 0.0220. The maximum absolute atomic E-state index is 12.8. The normalized spacial score (nSPS) is 21.7. The Hall–Kier alpha value is -1.68. The lowest BCUT2D eigenvalue weighted by molar-refractivity contribution is -0.301. The van der Waals surface area contributed by atoms with Crippen molar-refractivity contribution in [2.45, 2.75) is 185 Å². The Morgan fingerprint density at radius 2 is 1.25 bits per heavy atom. The molecule has 12 nitrogen and oxygen atoms in total.